The molecular weight excluding hydrogens is 352 g/mol. The highest BCUT2D eigenvalue weighted by Gasteiger charge is 2.06. The molecule has 1 amide bonds. The smallest absolute Gasteiger partial charge is 0.228 e. The fourth-order valence-electron chi connectivity index (χ4n) is 3.02. The quantitative estimate of drug-likeness (QED) is 0.528. The first-order valence-corrected chi connectivity index (χ1v) is 8.92. The summed E-state index contributed by atoms with van der Waals surface area (Å²) in [6.07, 6.45) is 4.93. The number of carbonyl (C=O) groups excluding carboxylic acids is 2. The van der Waals surface area contributed by atoms with Crippen LogP contribution in [0.15, 0.2) is 73.2 Å². The lowest BCUT2D eigenvalue weighted by molar-refractivity contribution is -0.115. The third kappa shape index (κ3) is 3.96. The number of carbonyl (C=O) groups is 2. The van der Waals surface area contributed by atoms with Crippen molar-refractivity contribution in [3.8, 4) is 11.1 Å². The highest BCUT2D eigenvalue weighted by Crippen LogP contribution is 2.21. The van der Waals surface area contributed by atoms with Crippen LogP contribution in [0, 0.1) is 0 Å². The summed E-state index contributed by atoms with van der Waals surface area (Å²) in [5.41, 5.74) is 5.47. The Morgan fingerprint density at radius 2 is 1.71 bits per heavy atom. The van der Waals surface area contributed by atoms with Crippen molar-refractivity contribution in [3.05, 3.63) is 84.3 Å². The van der Waals surface area contributed by atoms with Crippen LogP contribution in [0.25, 0.3) is 16.8 Å². The van der Waals surface area contributed by atoms with Gasteiger partial charge in [-0.3, -0.25) is 4.79 Å². The highest BCUT2D eigenvalue weighted by atomic mass is 16.1. The molecule has 6 heteroatoms. The van der Waals surface area contributed by atoms with Gasteiger partial charge in [0.15, 0.2) is 5.65 Å². The molecule has 4 aromatic rings. The average Bonchev–Trinajstić information content (AvgIpc) is 3.18. The van der Waals surface area contributed by atoms with Crippen LogP contribution in [0.3, 0.4) is 0 Å². The van der Waals surface area contributed by atoms with E-state index in [1.807, 2.05) is 54.7 Å². The zero-order chi connectivity index (χ0) is 19.3. The van der Waals surface area contributed by atoms with Gasteiger partial charge in [0.2, 0.25) is 5.91 Å². The molecule has 0 aliphatic carbocycles. The van der Waals surface area contributed by atoms with Gasteiger partial charge in [-0.25, -0.2) is 9.50 Å². The van der Waals surface area contributed by atoms with Crippen molar-refractivity contribution in [2.45, 2.75) is 12.8 Å². The first-order chi connectivity index (χ1) is 13.7. The third-order valence-electron chi connectivity index (χ3n) is 4.49. The minimum absolute atomic E-state index is 0.0826. The molecule has 0 fully saturated rings. The van der Waals surface area contributed by atoms with Crippen molar-refractivity contribution in [1.29, 1.82) is 0 Å². The van der Waals surface area contributed by atoms with E-state index in [0.29, 0.717) is 12.8 Å². The highest BCUT2D eigenvalue weighted by molar-refractivity contribution is 5.92. The van der Waals surface area contributed by atoms with E-state index in [1.54, 1.807) is 16.6 Å². The second kappa shape index (κ2) is 7.84. The van der Waals surface area contributed by atoms with Gasteiger partial charge in [-0.05, 0) is 46.5 Å². The van der Waals surface area contributed by atoms with E-state index in [9.17, 15) is 9.59 Å². The number of amides is 1. The van der Waals surface area contributed by atoms with E-state index in [4.69, 9.17) is 0 Å². The van der Waals surface area contributed by atoms with Crippen molar-refractivity contribution in [1.82, 2.24) is 14.6 Å². The molecule has 1 N–H and O–H groups in total. The standard InChI is InChI=1S/C22H18N4O2/c27-12-10-16-3-7-20(8-4-16)25-22(28)13-17-1-5-18(6-2-17)19-9-11-26-21(14-19)23-15-24-26/h1-9,11-12,14-15H,10,13H2,(H,25,28). The Kier molecular flexibility index (Phi) is 4.93. The second-order valence-corrected chi connectivity index (χ2v) is 6.47. The van der Waals surface area contributed by atoms with Crippen LogP contribution in [0.5, 0.6) is 0 Å². The largest absolute Gasteiger partial charge is 0.326 e. The summed E-state index contributed by atoms with van der Waals surface area (Å²) < 4.78 is 1.72. The van der Waals surface area contributed by atoms with Crippen LogP contribution in [0.1, 0.15) is 11.1 Å². The molecule has 0 aliphatic rings. The van der Waals surface area contributed by atoms with Gasteiger partial charge in [0.05, 0.1) is 6.42 Å². The summed E-state index contributed by atoms with van der Waals surface area (Å²) in [4.78, 5) is 27.0. The molecular formula is C22H18N4O2. The molecule has 0 unspecified atom stereocenters. The number of fused-ring (bicyclic) bond motifs is 1. The maximum atomic E-state index is 12.3. The van der Waals surface area contributed by atoms with Crippen LogP contribution in [-0.2, 0) is 22.4 Å². The molecule has 0 saturated carbocycles. The molecule has 6 nitrogen and oxygen atoms in total. The molecule has 0 aliphatic heterocycles. The van der Waals surface area contributed by atoms with Gasteiger partial charge >= 0.3 is 0 Å². The van der Waals surface area contributed by atoms with Crippen LogP contribution in [0.4, 0.5) is 5.69 Å². The topological polar surface area (TPSA) is 76.4 Å². The summed E-state index contributed by atoms with van der Waals surface area (Å²) in [6, 6.07) is 19.2. The normalized spacial score (nSPS) is 10.7. The number of aromatic nitrogens is 3. The number of nitrogens with zero attached hydrogens (tertiary/aromatic N) is 3. The number of hydrogen-bond acceptors (Lipinski definition) is 4. The van der Waals surface area contributed by atoms with Gasteiger partial charge in [0.1, 0.15) is 12.6 Å². The number of hydrogen-bond donors (Lipinski definition) is 1. The molecule has 0 atom stereocenters. The molecule has 0 saturated heterocycles. The van der Waals surface area contributed by atoms with Gasteiger partial charge in [-0.2, -0.15) is 5.10 Å². The van der Waals surface area contributed by atoms with Gasteiger partial charge < -0.3 is 10.1 Å². The van der Waals surface area contributed by atoms with Gasteiger partial charge in [-0.1, -0.05) is 36.4 Å². The van der Waals surface area contributed by atoms with Crippen LogP contribution >= 0.6 is 0 Å². The molecule has 0 spiro atoms. The lowest BCUT2D eigenvalue weighted by atomic mass is 10.0. The Morgan fingerprint density at radius 3 is 2.46 bits per heavy atom. The van der Waals surface area contributed by atoms with Crippen molar-refractivity contribution < 1.29 is 9.59 Å². The Labute approximate surface area is 161 Å². The number of pyridine rings is 1. The Morgan fingerprint density at radius 1 is 0.964 bits per heavy atom. The van der Waals surface area contributed by atoms with E-state index >= 15 is 0 Å². The molecule has 2 heterocycles. The lowest BCUT2D eigenvalue weighted by Gasteiger charge is -2.07. The summed E-state index contributed by atoms with van der Waals surface area (Å²) in [7, 11) is 0. The van der Waals surface area contributed by atoms with Crippen LogP contribution in [0.2, 0.25) is 0 Å². The van der Waals surface area contributed by atoms with Gasteiger partial charge in [-0.15, -0.1) is 0 Å². The average molecular weight is 370 g/mol. The predicted octanol–water partition coefficient (Wildman–Crippen LogP) is 3.32. The van der Waals surface area contributed by atoms with E-state index in [0.717, 1.165) is 39.9 Å². The summed E-state index contributed by atoms with van der Waals surface area (Å²) in [6.45, 7) is 0. The lowest BCUT2D eigenvalue weighted by Crippen LogP contribution is -2.14. The summed E-state index contributed by atoms with van der Waals surface area (Å²) >= 11 is 0. The number of aldehydes is 1. The fraction of sp³-hybridized carbons (Fsp3) is 0.0909. The molecule has 0 radical (unpaired) electrons. The molecule has 2 aromatic heterocycles. The van der Waals surface area contributed by atoms with E-state index in [-0.39, 0.29) is 5.91 Å². The Balaban J connectivity index is 1.40. The summed E-state index contributed by atoms with van der Waals surface area (Å²) in [5.74, 6) is -0.0826. The predicted molar refractivity (Wildman–Crippen MR) is 107 cm³/mol. The molecule has 4 rings (SSSR count). The second-order valence-electron chi connectivity index (χ2n) is 6.47. The van der Waals surface area contributed by atoms with E-state index < -0.39 is 0 Å². The van der Waals surface area contributed by atoms with Gasteiger partial charge in [0, 0.05) is 18.3 Å². The number of nitrogens with one attached hydrogen (secondary N) is 1. The fourth-order valence-corrected chi connectivity index (χ4v) is 3.02. The Bertz CT molecular complexity index is 1120. The number of benzene rings is 2. The number of rotatable bonds is 6. The third-order valence-corrected chi connectivity index (χ3v) is 4.49. The molecule has 0 bridgehead atoms. The maximum Gasteiger partial charge on any atom is 0.228 e. The minimum Gasteiger partial charge on any atom is -0.326 e. The van der Waals surface area contributed by atoms with Crippen molar-refractivity contribution in [2.24, 2.45) is 0 Å². The number of anilines is 1. The van der Waals surface area contributed by atoms with Crippen molar-refractivity contribution in [3.63, 3.8) is 0 Å². The zero-order valence-corrected chi connectivity index (χ0v) is 15.1. The monoisotopic (exact) mass is 370 g/mol. The van der Waals surface area contributed by atoms with Crippen LogP contribution in [-0.4, -0.2) is 26.8 Å². The SMILES string of the molecule is O=CCc1ccc(NC(=O)Cc2ccc(-c3ccn4ncnc4c3)cc2)cc1. The van der Waals surface area contributed by atoms with Crippen molar-refractivity contribution in [2.75, 3.05) is 5.32 Å². The first kappa shape index (κ1) is 17.6. The van der Waals surface area contributed by atoms with E-state index in [1.165, 1.54) is 6.33 Å². The molecule has 28 heavy (non-hydrogen) atoms. The summed E-state index contributed by atoms with van der Waals surface area (Å²) in [5, 5.41) is 6.97. The molecule has 2 aromatic carbocycles. The van der Waals surface area contributed by atoms with Crippen LogP contribution < -0.4 is 5.32 Å². The minimum atomic E-state index is -0.0826. The first-order valence-electron chi connectivity index (χ1n) is 8.92. The van der Waals surface area contributed by atoms with Crippen molar-refractivity contribution >= 4 is 23.5 Å². The van der Waals surface area contributed by atoms with Gasteiger partial charge in [0.25, 0.3) is 0 Å². The van der Waals surface area contributed by atoms with E-state index in [2.05, 4.69) is 15.4 Å². The molecule has 138 valence electrons. The zero-order valence-electron chi connectivity index (χ0n) is 15.1. The Hall–Kier alpha value is -3.80. The maximum absolute atomic E-state index is 12.3.